The number of hydrogen-bond donors (Lipinski definition) is 1. The number of carboxylic acids is 1. The Morgan fingerprint density at radius 2 is 2.05 bits per heavy atom. The summed E-state index contributed by atoms with van der Waals surface area (Å²) in [6.07, 6.45) is 1.70. The van der Waals surface area contributed by atoms with Gasteiger partial charge in [-0.1, -0.05) is 41.4 Å². The second kappa shape index (κ2) is 6.57. The molecule has 3 nitrogen and oxygen atoms in total. The van der Waals surface area contributed by atoms with Crippen LogP contribution in [0.3, 0.4) is 0 Å². The van der Waals surface area contributed by atoms with Gasteiger partial charge in [0.25, 0.3) is 0 Å². The molecule has 1 aromatic carbocycles. The van der Waals surface area contributed by atoms with Gasteiger partial charge in [0.2, 0.25) is 0 Å². The molecular formula is C14H10BrCl2NO2. The molecule has 1 N–H and O–H groups in total. The van der Waals surface area contributed by atoms with Crippen molar-refractivity contribution in [2.75, 3.05) is 0 Å². The van der Waals surface area contributed by atoms with Gasteiger partial charge in [0.05, 0.1) is 10.7 Å². The maximum Gasteiger partial charge on any atom is 0.312 e. The van der Waals surface area contributed by atoms with Crippen LogP contribution in [0.1, 0.15) is 17.2 Å². The highest BCUT2D eigenvalue weighted by Crippen LogP contribution is 2.30. The van der Waals surface area contributed by atoms with Crippen LogP contribution in [0.15, 0.2) is 41.0 Å². The monoisotopic (exact) mass is 373 g/mol. The minimum absolute atomic E-state index is 0.266. The molecule has 1 atom stereocenters. The van der Waals surface area contributed by atoms with Crippen LogP contribution in [-0.4, -0.2) is 16.1 Å². The molecule has 0 bridgehead atoms. The van der Waals surface area contributed by atoms with Crippen molar-refractivity contribution in [1.82, 2.24) is 4.98 Å². The first-order valence-corrected chi connectivity index (χ1v) is 7.31. The van der Waals surface area contributed by atoms with E-state index in [2.05, 4.69) is 20.9 Å². The first-order chi connectivity index (χ1) is 9.49. The van der Waals surface area contributed by atoms with Crippen molar-refractivity contribution in [3.8, 4) is 0 Å². The van der Waals surface area contributed by atoms with Crippen molar-refractivity contribution in [3.05, 3.63) is 62.3 Å². The van der Waals surface area contributed by atoms with Crippen LogP contribution in [0.5, 0.6) is 0 Å². The smallest absolute Gasteiger partial charge is 0.312 e. The maximum atomic E-state index is 11.5. The average molecular weight is 375 g/mol. The molecule has 2 rings (SSSR count). The lowest BCUT2D eigenvalue weighted by Crippen LogP contribution is -2.16. The van der Waals surface area contributed by atoms with E-state index in [0.717, 1.165) is 5.56 Å². The van der Waals surface area contributed by atoms with E-state index in [-0.39, 0.29) is 6.42 Å². The lowest BCUT2D eigenvalue weighted by molar-refractivity contribution is -0.138. The lowest BCUT2D eigenvalue weighted by Gasteiger charge is -2.14. The van der Waals surface area contributed by atoms with Crippen LogP contribution in [0.2, 0.25) is 10.0 Å². The third-order valence-corrected chi connectivity index (χ3v) is 4.06. The number of carboxylic acid groups (broad SMARTS) is 1. The molecule has 2 aromatic rings. The van der Waals surface area contributed by atoms with Crippen LogP contribution in [0, 0.1) is 0 Å². The van der Waals surface area contributed by atoms with Gasteiger partial charge in [-0.25, -0.2) is 0 Å². The third kappa shape index (κ3) is 3.51. The topological polar surface area (TPSA) is 50.2 Å². The fourth-order valence-corrected chi connectivity index (χ4v) is 2.99. The Morgan fingerprint density at radius 1 is 1.35 bits per heavy atom. The van der Waals surface area contributed by atoms with Gasteiger partial charge < -0.3 is 5.11 Å². The third-order valence-electron chi connectivity index (χ3n) is 2.85. The summed E-state index contributed by atoms with van der Waals surface area (Å²) >= 11 is 15.2. The number of pyridine rings is 1. The van der Waals surface area contributed by atoms with E-state index in [1.165, 1.54) is 6.20 Å². The fourth-order valence-electron chi connectivity index (χ4n) is 1.87. The van der Waals surface area contributed by atoms with Crippen LogP contribution in [0.25, 0.3) is 0 Å². The minimum Gasteiger partial charge on any atom is -0.481 e. The normalized spacial score (nSPS) is 12.2. The summed E-state index contributed by atoms with van der Waals surface area (Å²) in [4.78, 5) is 15.6. The minimum atomic E-state index is -0.958. The van der Waals surface area contributed by atoms with Crippen molar-refractivity contribution in [2.24, 2.45) is 0 Å². The summed E-state index contributed by atoms with van der Waals surface area (Å²) in [5, 5.41) is 10.4. The van der Waals surface area contributed by atoms with E-state index in [4.69, 9.17) is 23.2 Å². The highest BCUT2D eigenvalue weighted by Gasteiger charge is 2.25. The Hall–Kier alpha value is -1.10. The fraction of sp³-hybridized carbons (Fsp3) is 0.143. The number of halogens is 3. The predicted octanol–water partition coefficient (Wildman–Crippen LogP) is 4.56. The molecule has 0 fully saturated rings. The molecule has 0 aliphatic carbocycles. The number of hydrogen-bond acceptors (Lipinski definition) is 2. The summed E-state index contributed by atoms with van der Waals surface area (Å²) in [7, 11) is 0. The summed E-state index contributed by atoms with van der Waals surface area (Å²) in [6, 6.07) is 8.80. The Kier molecular flexibility index (Phi) is 5.02. The first-order valence-electron chi connectivity index (χ1n) is 5.76. The lowest BCUT2D eigenvalue weighted by atomic mass is 9.96. The van der Waals surface area contributed by atoms with Crippen molar-refractivity contribution in [1.29, 1.82) is 0 Å². The Labute approximate surface area is 134 Å². The predicted molar refractivity (Wildman–Crippen MR) is 82.5 cm³/mol. The van der Waals surface area contributed by atoms with Crippen LogP contribution in [0.4, 0.5) is 0 Å². The molecule has 104 valence electrons. The van der Waals surface area contributed by atoms with E-state index in [1.54, 1.807) is 18.2 Å². The Morgan fingerprint density at radius 3 is 2.65 bits per heavy atom. The molecule has 0 amide bonds. The van der Waals surface area contributed by atoms with Crippen LogP contribution >= 0.6 is 39.1 Å². The number of nitrogens with zero attached hydrogens (tertiary/aromatic N) is 1. The zero-order valence-electron chi connectivity index (χ0n) is 10.2. The van der Waals surface area contributed by atoms with Gasteiger partial charge in [-0.2, -0.15) is 0 Å². The van der Waals surface area contributed by atoms with Crippen LogP contribution in [-0.2, 0) is 11.2 Å². The molecule has 20 heavy (non-hydrogen) atoms. The van der Waals surface area contributed by atoms with Crippen molar-refractivity contribution in [3.63, 3.8) is 0 Å². The molecule has 0 aliphatic rings. The summed E-state index contributed by atoms with van der Waals surface area (Å²) < 4.78 is 0.574. The first kappa shape index (κ1) is 15.3. The molecule has 0 radical (unpaired) electrons. The quantitative estimate of drug-likeness (QED) is 0.853. The summed E-state index contributed by atoms with van der Waals surface area (Å²) in [5.74, 6) is -1.75. The Balaban J connectivity index is 2.37. The van der Waals surface area contributed by atoms with Gasteiger partial charge in [-0.15, -0.1) is 0 Å². The molecule has 0 aliphatic heterocycles. The molecule has 1 aromatic heterocycles. The summed E-state index contributed by atoms with van der Waals surface area (Å²) in [6.45, 7) is 0. The van der Waals surface area contributed by atoms with Gasteiger partial charge in [0, 0.05) is 15.7 Å². The maximum absolute atomic E-state index is 11.5. The molecule has 1 unspecified atom stereocenters. The number of aliphatic carboxylic acids is 1. The highest BCUT2D eigenvalue weighted by atomic mass is 79.9. The Bertz CT molecular complexity index is 649. The molecular weight excluding hydrogens is 365 g/mol. The zero-order chi connectivity index (χ0) is 14.7. The largest absolute Gasteiger partial charge is 0.481 e. The van der Waals surface area contributed by atoms with Crippen molar-refractivity contribution >= 4 is 45.1 Å². The van der Waals surface area contributed by atoms with E-state index in [0.29, 0.717) is 20.2 Å². The number of aromatic nitrogens is 1. The number of rotatable bonds is 4. The van der Waals surface area contributed by atoms with Gasteiger partial charge in [0.1, 0.15) is 5.92 Å². The van der Waals surface area contributed by atoms with E-state index in [9.17, 15) is 9.90 Å². The number of benzene rings is 1. The second-order valence-corrected chi connectivity index (χ2v) is 5.90. The van der Waals surface area contributed by atoms with Gasteiger partial charge in [-0.3, -0.25) is 9.78 Å². The van der Waals surface area contributed by atoms with E-state index < -0.39 is 11.9 Å². The average Bonchev–Trinajstić information content (AvgIpc) is 2.38. The zero-order valence-corrected chi connectivity index (χ0v) is 13.3. The number of carbonyl (C=O) groups is 1. The van der Waals surface area contributed by atoms with Crippen molar-refractivity contribution in [2.45, 2.75) is 12.3 Å². The molecule has 1 heterocycles. The van der Waals surface area contributed by atoms with Gasteiger partial charge in [0.15, 0.2) is 0 Å². The van der Waals surface area contributed by atoms with E-state index >= 15 is 0 Å². The second-order valence-electron chi connectivity index (χ2n) is 4.21. The van der Waals surface area contributed by atoms with Gasteiger partial charge in [-0.05, 0) is 40.0 Å². The molecule has 0 saturated carbocycles. The van der Waals surface area contributed by atoms with E-state index in [1.807, 2.05) is 12.1 Å². The standard InChI is InChI=1S/C14H10BrCl2NO2/c15-11-6-9(16)7-18-13(11)10(14(19)20)5-8-3-1-2-4-12(8)17/h1-4,6-7,10H,5H2,(H,19,20). The highest BCUT2D eigenvalue weighted by molar-refractivity contribution is 9.10. The molecule has 0 spiro atoms. The molecule has 0 saturated heterocycles. The van der Waals surface area contributed by atoms with Crippen molar-refractivity contribution < 1.29 is 9.90 Å². The summed E-state index contributed by atoms with van der Waals surface area (Å²) in [5.41, 5.74) is 1.20. The van der Waals surface area contributed by atoms with Gasteiger partial charge >= 0.3 is 5.97 Å². The van der Waals surface area contributed by atoms with Crippen LogP contribution < -0.4 is 0 Å². The molecule has 6 heteroatoms. The SMILES string of the molecule is O=C(O)C(Cc1ccccc1Cl)c1ncc(Cl)cc1Br.